The maximum absolute atomic E-state index is 11.1. The summed E-state index contributed by atoms with van der Waals surface area (Å²) in [4.78, 5) is 11.1. The molecule has 0 aliphatic carbocycles. The van der Waals surface area contributed by atoms with Crippen molar-refractivity contribution in [3.8, 4) is 0 Å². The van der Waals surface area contributed by atoms with Gasteiger partial charge < -0.3 is 18.9 Å². The summed E-state index contributed by atoms with van der Waals surface area (Å²) in [6.07, 6.45) is -0.507. The lowest BCUT2D eigenvalue weighted by Crippen LogP contribution is -2.30. The van der Waals surface area contributed by atoms with Crippen LogP contribution >= 0.6 is 0 Å². The monoisotopic (exact) mass is 202 g/mol. The van der Waals surface area contributed by atoms with E-state index in [1.54, 1.807) is 6.92 Å². The Bertz CT molecular complexity index is 250. The van der Waals surface area contributed by atoms with Gasteiger partial charge in [-0.3, -0.25) is 0 Å². The summed E-state index contributed by atoms with van der Waals surface area (Å²) in [5.74, 6) is -1.60. The van der Waals surface area contributed by atoms with Crippen LogP contribution in [0, 0.1) is 0 Å². The molecule has 1 saturated heterocycles. The molecule has 0 bridgehead atoms. The van der Waals surface area contributed by atoms with Crippen molar-refractivity contribution < 1.29 is 23.7 Å². The third-order valence-corrected chi connectivity index (χ3v) is 2.06. The number of carbonyl (C=O) groups excluding carboxylic acids is 1. The molecule has 80 valence electrons. The van der Waals surface area contributed by atoms with E-state index in [2.05, 4.69) is 11.3 Å². The van der Waals surface area contributed by atoms with Crippen molar-refractivity contribution in [2.75, 3.05) is 20.8 Å². The van der Waals surface area contributed by atoms with Crippen LogP contribution in [0.4, 0.5) is 0 Å². The highest BCUT2D eigenvalue weighted by atomic mass is 16.9. The van der Waals surface area contributed by atoms with Crippen LogP contribution in [0.2, 0.25) is 0 Å². The van der Waals surface area contributed by atoms with Crippen LogP contribution in [0.1, 0.15) is 6.92 Å². The van der Waals surface area contributed by atoms with E-state index in [0.717, 1.165) is 0 Å². The molecular weight excluding hydrogens is 188 g/mol. The highest BCUT2D eigenvalue weighted by molar-refractivity contribution is 5.88. The number of ether oxygens (including phenoxy) is 4. The number of hydrogen-bond acceptors (Lipinski definition) is 5. The SMILES string of the molecule is C=C(C(=O)OC)C1COC(C)(OC)O1. The molecule has 2 unspecified atom stereocenters. The zero-order chi connectivity index (χ0) is 10.8. The van der Waals surface area contributed by atoms with Gasteiger partial charge in [-0.15, -0.1) is 0 Å². The Balaban J connectivity index is 2.58. The summed E-state index contributed by atoms with van der Waals surface area (Å²) >= 11 is 0. The van der Waals surface area contributed by atoms with E-state index in [0.29, 0.717) is 0 Å². The molecule has 0 aromatic carbocycles. The number of rotatable bonds is 3. The van der Waals surface area contributed by atoms with Crippen LogP contribution in [-0.2, 0) is 23.7 Å². The first kappa shape index (κ1) is 11.2. The lowest BCUT2D eigenvalue weighted by molar-refractivity contribution is -0.311. The van der Waals surface area contributed by atoms with Crippen LogP contribution in [0.3, 0.4) is 0 Å². The van der Waals surface area contributed by atoms with Crippen LogP contribution in [-0.4, -0.2) is 38.9 Å². The summed E-state index contributed by atoms with van der Waals surface area (Å²) in [6.45, 7) is 5.43. The van der Waals surface area contributed by atoms with Crippen LogP contribution in [0.5, 0.6) is 0 Å². The zero-order valence-corrected chi connectivity index (χ0v) is 8.53. The van der Waals surface area contributed by atoms with Crippen molar-refractivity contribution in [2.24, 2.45) is 0 Å². The summed E-state index contributed by atoms with van der Waals surface area (Å²) in [6, 6.07) is 0. The molecular formula is C9H14O5. The van der Waals surface area contributed by atoms with Gasteiger partial charge in [-0.25, -0.2) is 4.79 Å². The van der Waals surface area contributed by atoms with Crippen LogP contribution in [0.25, 0.3) is 0 Å². The second kappa shape index (κ2) is 4.08. The quantitative estimate of drug-likeness (QED) is 0.491. The average molecular weight is 202 g/mol. The second-order valence-electron chi connectivity index (χ2n) is 3.00. The predicted octanol–water partition coefficient (Wildman–Crippen LogP) is 0.451. The number of methoxy groups -OCH3 is 2. The van der Waals surface area contributed by atoms with Gasteiger partial charge in [0.1, 0.15) is 6.10 Å². The van der Waals surface area contributed by atoms with Crippen molar-refractivity contribution >= 4 is 5.97 Å². The Hall–Kier alpha value is -0.910. The smallest absolute Gasteiger partial charge is 0.335 e. The Morgan fingerprint density at radius 3 is 2.64 bits per heavy atom. The second-order valence-corrected chi connectivity index (χ2v) is 3.00. The molecule has 1 aliphatic rings. The van der Waals surface area contributed by atoms with E-state index in [4.69, 9.17) is 14.2 Å². The van der Waals surface area contributed by atoms with Crippen molar-refractivity contribution in [1.82, 2.24) is 0 Å². The predicted molar refractivity (Wildman–Crippen MR) is 47.4 cm³/mol. The fourth-order valence-electron chi connectivity index (χ4n) is 1.09. The van der Waals surface area contributed by atoms with Gasteiger partial charge in [0, 0.05) is 14.0 Å². The molecule has 0 saturated carbocycles. The van der Waals surface area contributed by atoms with Crippen molar-refractivity contribution in [1.29, 1.82) is 0 Å². The molecule has 5 nitrogen and oxygen atoms in total. The van der Waals surface area contributed by atoms with Crippen molar-refractivity contribution in [3.05, 3.63) is 12.2 Å². The molecule has 14 heavy (non-hydrogen) atoms. The van der Waals surface area contributed by atoms with Gasteiger partial charge in [0.2, 0.25) is 0 Å². The summed E-state index contributed by atoms with van der Waals surface area (Å²) in [5.41, 5.74) is 0.230. The molecule has 0 spiro atoms. The lowest BCUT2D eigenvalue weighted by atomic mass is 10.2. The fraction of sp³-hybridized carbons (Fsp3) is 0.667. The molecule has 2 atom stereocenters. The zero-order valence-electron chi connectivity index (χ0n) is 8.53. The lowest BCUT2D eigenvalue weighted by Gasteiger charge is -2.20. The highest BCUT2D eigenvalue weighted by Gasteiger charge is 2.40. The molecule has 1 fully saturated rings. The van der Waals surface area contributed by atoms with E-state index < -0.39 is 18.0 Å². The van der Waals surface area contributed by atoms with E-state index in [1.165, 1.54) is 14.2 Å². The maximum atomic E-state index is 11.1. The number of esters is 1. The molecule has 0 aromatic rings. The van der Waals surface area contributed by atoms with Gasteiger partial charge in [0.15, 0.2) is 0 Å². The van der Waals surface area contributed by atoms with Crippen LogP contribution in [0.15, 0.2) is 12.2 Å². The number of carbonyl (C=O) groups is 1. The summed E-state index contributed by atoms with van der Waals surface area (Å²) < 4.78 is 20.0. The standard InChI is InChI=1S/C9H14O5/c1-6(8(10)11-3)7-5-13-9(2,12-4)14-7/h7H,1,5H2,2-4H3. The van der Waals surface area contributed by atoms with Gasteiger partial charge in [-0.1, -0.05) is 6.58 Å². The molecule has 0 aromatic heterocycles. The molecule has 0 radical (unpaired) electrons. The molecule has 1 aliphatic heterocycles. The minimum Gasteiger partial charge on any atom is -0.466 e. The Kier molecular flexibility index (Phi) is 3.25. The average Bonchev–Trinajstić information content (AvgIpc) is 2.59. The molecule has 1 rings (SSSR count). The van der Waals surface area contributed by atoms with Gasteiger partial charge in [0.25, 0.3) is 5.97 Å². The topological polar surface area (TPSA) is 54.0 Å². The third-order valence-electron chi connectivity index (χ3n) is 2.06. The Morgan fingerprint density at radius 2 is 2.21 bits per heavy atom. The first-order valence-electron chi connectivity index (χ1n) is 4.16. The first-order chi connectivity index (χ1) is 6.52. The molecule has 0 N–H and O–H groups in total. The maximum Gasteiger partial charge on any atom is 0.335 e. The molecule has 5 heteroatoms. The normalized spacial score (nSPS) is 31.5. The summed E-state index contributed by atoms with van der Waals surface area (Å²) in [7, 11) is 2.75. The summed E-state index contributed by atoms with van der Waals surface area (Å²) in [5, 5.41) is 0. The minimum absolute atomic E-state index is 0.230. The Morgan fingerprint density at radius 1 is 1.57 bits per heavy atom. The highest BCUT2D eigenvalue weighted by Crippen LogP contribution is 2.27. The van der Waals surface area contributed by atoms with E-state index in [9.17, 15) is 4.79 Å². The van der Waals surface area contributed by atoms with Gasteiger partial charge in [-0.05, 0) is 0 Å². The molecule has 1 heterocycles. The molecule has 0 amide bonds. The van der Waals surface area contributed by atoms with Crippen LogP contribution < -0.4 is 0 Å². The van der Waals surface area contributed by atoms with Gasteiger partial charge >= 0.3 is 5.97 Å². The van der Waals surface area contributed by atoms with E-state index >= 15 is 0 Å². The van der Waals surface area contributed by atoms with E-state index in [-0.39, 0.29) is 12.2 Å². The van der Waals surface area contributed by atoms with Gasteiger partial charge in [0.05, 0.1) is 19.3 Å². The van der Waals surface area contributed by atoms with Crippen molar-refractivity contribution in [2.45, 2.75) is 19.0 Å². The Labute approximate surface area is 82.6 Å². The fourth-order valence-corrected chi connectivity index (χ4v) is 1.09. The minimum atomic E-state index is -1.10. The number of hydrogen-bond donors (Lipinski definition) is 0. The third kappa shape index (κ3) is 2.12. The largest absolute Gasteiger partial charge is 0.466 e. The van der Waals surface area contributed by atoms with E-state index in [1.807, 2.05) is 0 Å². The van der Waals surface area contributed by atoms with Crippen molar-refractivity contribution in [3.63, 3.8) is 0 Å². The first-order valence-corrected chi connectivity index (χ1v) is 4.16. The van der Waals surface area contributed by atoms with Gasteiger partial charge in [-0.2, -0.15) is 0 Å².